The molecular weight excluding hydrogens is 295 g/mol. The summed E-state index contributed by atoms with van der Waals surface area (Å²) in [5.74, 6) is 4.55. The zero-order valence-corrected chi connectivity index (χ0v) is 11.7. The number of nitrogens with one attached hydrogen (secondary N) is 2. The van der Waals surface area contributed by atoms with E-state index < -0.39 is 11.7 Å². The number of hydrogen-bond donors (Lipinski definition) is 3. The maximum atomic E-state index is 13.3. The number of H-pyrrole nitrogens is 1. The number of aromatic amines is 1. The summed E-state index contributed by atoms with van der Waals surface area (Å²) in [6.45, 7) is -0.0784. The Morgan fingerprint density at radius 2 is 2.24 bits per heavy atom. The van der Waals surface area contributed by atoms with Gasteiger partial charge in [0.15, 0.2) is 0 Å². The van der Waals surface area contributed by atoms with Crippen molar-refractivity contribution < 1.29 is 14.3 Å². The maximum Gasteiger partial charge on any atom is 0.272 e. The fourth-order valence-electron chi connectivity index (χ4n) is 1.63. The molecule has 0 aliphatic rings. The highest BCUT2D eigenvalue weighted by molar-refractivity contribution is 6.31. The third kappa shape index (κ3) is 4.09. The van der Waals surface area contributed by atoms with Gasteiger partial charge in [-0.2, -0.15) is 0 Å². The van der Waals surface area contributed by atoms with Gasteiger partial charge in [0.2, 0.25) is 0 Å². The molecule has 1 amide bonds. The molecule has 0 unspecified atom stereocenters. The number of amides is 1. The monoisotopic (exact) mass is 306 g/mol. The Kier molecular flexibility index (Phi) is 4.99. The van der Waals surface area contributed by atoms with E-state index in [-0.39, 0.29) is 13.0 Å². The topological polar surface area (TPSA) is 65.1 Å². The largest absolute Gasteiger partial charge is 0.395 e. The molecule has 0 spiro atoms. The van der Waals surface area contributed by atoms with Gasteiger partial charge in [-0.15, -0.1) is 0 Å². The number of halogens is 2. The van der Waals surface area contributed by atoms with Crippen molar-refractivity contribution in [2.75, 3.05) is 11.9 Å². The molecule has 3 N–H and O–H groups in total. The second-order valence-electron chi connectivity index (χ2n) is 4.15. The Bertz CT molecular complexity index is 716. The summed E-state index contributed by atoms with van der Waals surface area (Å²) < 4.78 is 13.3. The molecule has 108 valence electrons. The number of aliphatic hydroxyl groups excluding tert-OH is 1. The summed E-state index contributed by atoms with van der Waals surface area (Å²) in [5, 5.41) is 11.8. The molecular formula is C15H12ClFN2O2. The average molecular weight is 307 g/mol. The van der Waals surface area contributed by atoms with Gasteiger partial charge in [0.1, 0.15) is 11.5 Å². The van der Waals surface area contributed by atoms with E-state index in [0.717, 1.165) is 0 Å². The molecule has 1 heterocycles. The predicted octanol–water partition coefficient (Wildman–Crippen LogP) is 2.79. The smallest absolute Gasteiger partial charge is 0.272 e. The minimum absolute atomic E-state index is 0.0784. The van der Waals surface area contributed by atoms with Crippen molar-refractivity contribution in [1.82, 2.24) is 4.98 Å². The molecule has 2 rings (SSSR count). The van der Waals surface area contributed by atoms with Gasteiger partial charge in [0.05, 0.1) is 22.9 Å². The van der Waals surface area contributed by atoms with Gasteiger partial charge in [0, 0.05) is 12.6 Å². The number of anilines is 1. The van der Waals surface area contributed by atoms with E-state index in [9.17, 15) is 9.18 Å². The van der Waals surface area contributed by atoms with Crippen LogP contribution < -0.4 is 5.32 Å². The molecule has 0 aliphatic heterocycles. The van der Waals surface area contributed by atoms with Gasteiger partial charge in [-0.1, -0.05) is 23.4 Å². The third-order valence-corrected chi connectivity index (χ3v) is 2.80. The van der Waals surface area contributed by atoms with Crippen LogP contribution in [0.2, 0.25) is 5.02 Å². The Balaban J connectivity index is 2.23. The van der Waals surface area contributed by atoms with Gasteiger partial charge in [-0.25, -0.2) is 4.39 Å². The van der Waals surface area contributed by atoms with E-state index in [2.05, 4.69) is 22.1 Å². The lowest BCUT2D eigenvalue weighted by Gasteiger charge is -2.06. The molecule has 0 fully saturated rings. The van der Waals surface area contributed by atoms with Crippen LogP contribution in [-0.4, -0.2) is 22.6 Å². The second-order valence-corrected chi connectivity index (χ2v) is 4.59. The molecule has 0 saturated carbocycles. The van der Waals surface area contributed by atoms with E-state index in [0.29, 0.717) is 22.0 Å². The molecule has 0 saturated heterocycles. The average Bonchev–Trinajstić information content (AvgIpc) is 2.88. The van der Waals surface area contributed by atoms with Gasteiger partial charge >= 0.3 is 0 Å². The number of aromatic nitrogens is 1. The van der Waals surface area contributed by atoms with Gasteiger partial charge in [-0.05, 0) is 24.3 Å². The van der Waals surface area contributed by atoms with Crippen LogP contribution in [0.3, 0.4) is 0 Å². The molecule has 6 heteroatoms. The molecule has 1 aromatic carbocycles. The normalized spacial score (nSPS) is 9.86. The minimum Gasteiger partial charge on any atom is -0.395 e. The first-order chi connectivity index (χ1) is 10.1. The van der Waals surface area contributed by atoms with Crippen LogP contribution in [0.4, 0.5) is 10.1 Å². The van der Waals surface area contributed by atoms with Crippen LogP contribution in [0.25, 0.3) is 0 Å². The molecule has 0 bridgehead atoms. The SMILES string of the molecule is O=C(Nc1ccc(F)cc1C#CCCO)c1cc(Cl)c[nH]1. The van der Waals surface area contributed by atoms with Crippen molar-refractivity contribution in [1.29, 1.82) is 0 Å². The van der Waals surface area contributed by atoms with E-state index in [1.54, 1.807) is 0 Å². The maximum absolute atomic E-state index is 13.3. The van der Waals surface area contributed by atoms with Crippen LogP contribution >= 0.6 is 11.6 Å². The summed E-state index contributed by atoms with van der Waals surface area (Å²) in [6, 6.07) is 5.37. The summed E-state index contributed by atoms with van der Waals surface area (Å²) >= 11 is 5.74. The Morgan fingerprint density at radius 1 is 1.43 bits per heavy atom. The van der Waals surface area contributed by atoms with Crippen molar-refractivity contribution in [3.63, 3.8) is 0 Å². The van der Waals surface area contributed by atoms with Crippen molar-refractivity contribution in [3.8, 4) is 11.8 Å². The number of hydrogen-bond acceptors (Lipinski definition) is 2. The zero-order chi connectivity index (χ0) is 15.2. The predicted molar refractivity (Wildman–Crippen MR) is 78.7 cm³/mol. The zero-order valence-electron chi connectivity index (χ0n) is 10.9. The van der Waals surface area contributed by atoms with Crippen molar-refractivity contribution in [3.05, 3.63) is 52.6 Å². The van der Waals surface area contributed by atoms with Gasteiger partial charge < -0.3 is 15.4 Å². The van der Waals surface area contributed by atoms with Crippen LogP contribution in [-0.2, 0) is 0 Å². The Labute approximate surface area is 125 Å². The number of carbonyl (C=O) groups excluding carboxylic acids is 1. The van der Waals surface area contributed by atoms with Crippen LogP contribution in [0.5, 0.6) is 0 Å². The molecule has 0 aliphatic carbocycles. The second kappa shape index (κ2) is 6.93. The first-order valence-electron chi connectivity index (χ1n) is 6.14. The molecule has 2 aromatic rings. The molecule has 0 radical (unpaired) electrons. The fourth-order valence-corrected chi connectivity index (χ4v) is 1.79. The first kappa shape index (κ1) is 15.1. The lowest BCUT2D eigenvalue weighted by atomic mass is 10.1. The van der Waals surface area contributed by atoms with Crippen molar-refractivity contribution in [2.45, 2.75) is 6.42 Å². The molecule has 0 atom stereocenters. The molecule has 21 heavy (non-hydrogen) atoms. The summed E-state index contributed by atoms with van der Waals surface area (Å²) in [7, 11) is 0. The standard InChI is InChI=1S/C15H12ClFN2O2/c16-11-8-14(18-9-11)15(21)19-13-5-4-12(17)7-10(13)3-1-2-6-20/h4-5,7-9,18,20H,2,6H2,(H,19,21). The third-order valence-electron chi connectivity index (χ3n) is 2.58. The highest BCUT2D eigenvalue weighted by Crippen LogP contribution is 2.18. The van der Waals surface area contributed by atoms with E-state index in [4.69, 9.17) is 16.7 Å². The molecule has 1 aromatic heterocycles. The minimum atomic E-state index is -0.454. The van der Waals surface area contributed by atoms with Gasteiger partial charge in [-0.3, -0.25) is 4.79 Å². The van der Waals surface area contributed by atoms with E-state index in [1.807, 2.05) is 0 Å². The number of rotatable bonds is 3. The van der Waals surface area contributed by atoms with Gasteiger partial charge in [0.25, 0.3) is 5.91 Å². The summed E-state index contributed by atoms with van der Waals surface area (Å²) in [4.78, 5) is 14.7. The number of carbonyl (C=O) groups is 1. The first-order valence-corrected chi connectivity index (χ1v) is 6.52. The van der Waals surface area contributed by atoms with Crippen molar-refractivity contribution >= 4 is 23.2 Å². The summed E-state index contributed by atoms with van der Waals surface area (Å²) in [5.41, 5.74) is 1.02. The molecule has 4 nitrogen and oxygen atoms in total. The Hall–Kier alpha value is -2.29. The number of benzene rings is 1. The van der Waals surface area contributed by atoms with E-state index in [1.165, 1.54) is 30.5 Å². The van der Waals surface area contributed by atoms with E-state index >= 15 is 0 Å². The van der Waals surface area contributed by atoms with Crippen LogP contribution in [0, 0.1) is 17.7 Å². The highest BCUT2D eigenvalue weighted by atomic mass is 35.5. The van der Waals surface area contributed by atoms with Crippen LogP contribution in [0.1, 0.15) is 22.5 Å². The van der Waals surface area contributed by atoms with Crippen molar-refractivity contribution in [2.24, 2.45) is 0 Å². The lowest BCUT2D eigenvalue weighted by Crippen LogP contribution is -2.13. The summed E-state index contributed by atoms with van der Waals surface area (Å²) in [6.07, 6.45) is 1.76. The fraction of sp³-hybridized carbons (Fsp3) is 0.133. The highest BCUT2D eigenvalue weighted by Gasteiger charge is 2.11. The Morgan fingerprint density at radius 3 is 2.90 bits per heavy atom. The lowest BCUT2D eigenvalue weighted by molar-refractivity contribution is 0.102. The number of aliphatic hydroxyl groups is 1. The quantitative estimate of drug-likeness (QED) is 0.763. The van der Waals surface area contributed by atoms with Crippen LogP contribution in [0.15, 0.2) is 30.5 Å².